The third kappa shape index (κ3) is 4.64. The van der Waals surface area contributed by atoms with Gasteiger partial charge in [-0.1, -0.05) is 0 Å². The third-order valence-corrected chi connectivity index (χ3v) is 0.688. The average molecular weight is 109 g/mol. The molecule has 0 radical (unpaired) electrons. The molecule has 0 amide bonds. The number of hydrogen-bond donors (Lipinski definition) is 1. The van der Waals surface area contributed by atoms with E-state index in [2.05, 4.69) is 4.98 Å². The van der Waals surface area contributed by atoms with Crippen molar-refractivity contribution in [1.82, 2.24) is 4.98 Å². The van der Waals surface area contributed by atoms with Crippen LogP contribution in [0.5, 0.6) is 0 Å². The standard InChI is InChI=1S/C5H5NO.2Li/c7-5-1-3-6-4-2-5;;/h1-4H,(H,6,7);;/q;2*+1. The van der Waals surface area contributed by atoms with Crippen LogP contribution in [-0.2, 0) is 0 Å². The topological polar surface area (TPSA) is 32.9 Å². The summed E-state index contributed by atoms with van der Waals surface area (Å²) >= 11 is 0. The minimum atomic E-state index is 0. The summed E-state index contributed by atoms with van der Waals surface area (Å²) in [7, 11) is 0. The van der Waals surface area contributed by atoms with Crippen LogP contribution in [0.1, 0.15) is 0 Å². The van der Waals surface area contributed by atoms with Crippen molar-refractivity contribution in [3.63, 3.8) is 0 Å². The smallest absolute Gasteiger partial charge is 0.367 e. The molecule has 0 aliphatic rings. The van der Waals surface area contributed by atoms with Gasteiger partial charge in [0.15, 0.2) is 5.43 Å². The van der Waals surface area contributed by atoms with E-state index in [1.807, 2.05) is 0 Å². The molecule has 0 aliphatic carbocycles. The quantitative estimate of drug-likeness (QED) is 0.331. The van der Waals surface area contributed by atoms with E-state index in [1.165, 1.54) is 12.1 Å². The number of H-pyrrole nitrogens is 1. The van der Waals surface area contributed by atoms with Crippen molar-refractivity contribution in [2.45, 2.75) is 0 Å². The number of pyridine rings is 1. The van der Waals surface area contributed by atoms with Crippen LogP contribution in [0.2, 0.25) is 0 Å². The second kappa shape index (κ2) is 6.27. The molecule has 0 saturated heterocycles. The molecule has 0 fully saturated rings. The van der Waals surface area contributed by atoms with Crippen molar-refractivity contribution in [3.8, 4) is 0 Å². The molecular formula is C5H5Li2NO+2. The molecule has 1 heterocycles. The Morgan fingerprint density at radius 3 is 1.78 bits per heavy atom. The fraction of sp³-hybridized carbons (Fsp3) is 0. The molecule has 36 valence electrons. The van der Waals surface area contributed by atoms with E-state index >= 15 is 0 Å². The van der Waals surface area contributed by atoms with E-state index in [4.69, 9.17) is 0 Å². The summed E-state index contributed by atoms with van der Waals surface area (Å²) in [5.41, 5.74) is 0.0405. The second-order valence-corrected chi connectivity index (χ2v) is 1.24. The van der Waals surface area contributed by atoms with E-state index in [1.54, 1.807) is 12.4 Å². The summed E-state index contributed by atoms with van der Waals surface area (Å²) in [5.74, 6) is 0. The predicted octanol–water partition coefficient (Wildman–Crippen LogP) is -5.62. The van der Waals surface area contributed by atoms with Crippen LogP contribution in [0.25, 0.3) is 0 Å². The molecule has 0 aliphatic heterocycles. The van der Waals surface area contributed by atoms with Crippen LogP contribution >= 0.6 is 0 Å². The molecule has 1 rings (SSSR count). The molecule has 0 bridgehead atoms. The van der Waals surface area contributed by atoms with E-state index in [-0.39, 0.29) is 43.1 Å². The summed E-state index contributed by atoms with van der Waals surface area (Å²) in [5, 5.41) is 0. The first-order chi connectivity index (χ1) is 3.39. The van der Waals surface area contributed by atoms with Crippen LogP contribution in [-0.4, -0.2) is 4.98 Å². The van der Waals surface area contributed by atoms with Crippen molar-refractivity contribution in [2.24, 2.45) is 0 Å². The molecule has 0 saturated carbocycles. The largest absolute Gasteiger partial charge is 1.00 e. The summed E-state index contributed by atoms with van der Waals surface area (Å²) < 4.78 is 0. The average Bonchev–Trinajstić information content (AvgIpc) is 1.69. The summed E-state index contributed by atoms with van der Waals surface area (Å²) in [6.45, 7) is 0. The molecule has 1 aromatic heterocycles. The third-order valence-electron chi connectivity index (χ3n) is 0.688. The summed E-state index contributed by atoms with van der Waals surface area (Å²) in [4.78, 5) is 13.0. The van der Waals surface area contributed by atoms with Gasteiger partial charge in [0, 0.05) is 24.5 Å². The monoisotopic (exact) mass is 109 g/mol. The Balaban J connectivity index is 0. The Morgan fingerprint density at radius 1 is 1.11 bits per heavy atom. The van der Waals surface area contributed by atoms with Gasteiger partial charge in [-0.2, -0.15) is 0 Å². The zero-order chi connectivity index (χ0) is 5.11. The fourth-order valence-electron chi connectivity index (χ4n) is 0.372. The van der Waals surface area contributed by atoms with Crippen LogP contribution < -0.4 is 43.1 Å². The van der Waals surface area contributed by atoms with Gasteiger partial charge in [-0.05, 0) is 0 Å². The Bertz CT molecular complexity index is 181. The summed E-state index contributed by atoms with van der Waals surface area (Å²) in [6, 6.07) is 2.94. The number of aromatic nitrogens is 1. The van der Waals surface area contributed by atoms with Crippen molar-refractivity contribution in [1.29, 1.82) is 0 Å². The number of nitrogens with one attached hydrogen (secondary N) is 1. The van der Waals surface area contributed by atoms with Crippen molar-refractivity contribution in [3.05, 3.63) is 34.7 Å². The first kappa shape index (κ1) is 11.9. The van der Waals surface area contributed by atoms with Gasteiger partial charge in [-0.3, -0.25) is 4.79 Å². The maximum Gasteiger partial charge on any atom is 1.00 e. The normalized spacial score (nSPS) is 6.67. The van der Waals surface area contributed by atoms with E-state index in [0.29, 0.717) is 0 Å². The Labute approximate surface area is 77.4 Å². The SMILES string of the molecule is O=c1cc[nH]cc1.[Li+].[Li+]. The van der Waals surface area contributed by atoms with Gasteiger partial charge in [0.1, 0.15) is 0 Å². The molecule has 4 heteroatoms. The molecule has 0 atom stereocenters. The second-order valence-electron chi connectivity index (χ2n) is 1.24. The first-order valence-corrected chi connectivity index (χ1v) is 2.03. The number of hydrogen-bond acceptors (Lipinski definition) is 1. The van der Waals surface area contributed by atoms with E-state index in [0.717, 1.165) is 0 Å². The van der Waals surface area contributed by atoms with Crippen molar-refractivity contribution >= 4 is 0 Å². The van der Waals surface area contributed by atoms with E-state index < -0.39 is 0 Å². The number of rotatable bonds is 0. The van der Waals surface area contributed by atoms with Gasteiger partial charge in [0.25, 0.3) is 0 Å². The minimum absolute atomic E-state index is 0. The zero-order valence-electron chi connectivity index (χ0n) is 5.72. The van der Waals surface area contributed by atoms with Crippen molar-refractivity contribution in [2.75, 3.05) is 0 Å². The summed E-state index contributed by atoms with van der Waals surface area (Å²) in [6.07, 6.45) is 3.20. The van der Waals surface area contributed by atoms with Gasteiger partial charge < -0.3 is 4.98 Å². The molecule has 0 aromatic carbocycles. The molecular weight excluding hydrogens is 104 g/mol. The zero-order valence-corrected chi connectivity index (χ0v) is 5.72. The van der Waals surface area contributed by atoms with Gasteiger partial charge in [0.2, 0.25) is 0 Å². The van der Waals surface area contributed by atoms with Crippen LogP contribution in [0, 0.1) is 0 Å². The van der Waals surface area contributed by atoms with Crippen molar-refractivity contribution < 1.29 is 37.7 Å². The van der Waals surface area contributed by atoms with Gasteiger partial charge in [-0.25, -0.2) is 0 Å². The van der Waals surface area contributed by atoms with Crippen LogP contribution in [0.4, 0.5) is 0 Å². The maximum atomic E-state index is 10.2. The molecule has 1 aromatic rings. The minimum Gasteiger partial charge on any atom is -0.367 e. The molecule has 9 heavy (non-hydrogen) atoms. The van der Waals surface area contributed by atoms with Gasteiger partial charge in [0.05, 0.1) is 0 Å². The maximum absolute atomic E-state index is 10.2. The molecule has 1 N–H and O–H groups in total. The van der Waals surface area contributed by atoms with Crippen LogP contribution in [0.15, 0.2) is 29.3 Å². The molecule has 2 nitrogen and oxygen atoms in total. The van der Waals surface area contributed by atoms with E-state index in [9.17, 15) is 4.79 Å². The van der Waals surface area contributed by atoms with Gasteiger partial charge in [-0.15, -0.1) is 0 Å². The molecule has 0 unspecified atom stereocenters. The Hall–Kier alpha value is 0.145. The van der Waals surface area contributed by atoms with Crippen LogP contribution in [0.3, 0.4) is 0 Å². The molecule has 0 spiro atoms. The first-order valence-electron chi connectivity index (χ1n) is 2.03. The number of aromatic amines is 1. The van der Waals surface area contributed by atoms with Gasteiger partial charge >= 0.3 is 37.7 Å². The predicted molar refractivity (Wildman–Crippen MR) is 27.1 cm³/mol. The fourth-order valence-corrected chi connectivity index (χ4v) is 0.372. The Morgan fingerprint density at radius 2 is 1.56 bits per heavy atom. The Kier molecular flexibility index (Phi) is 8.28.